The minimum absolute atomic E-state index is 0.0198. The number of nitrogens with one attached hydrogen (secondary N) is 1. The summed E-state index contributed by atoms with van der Waals surface area (Å²) in [6.45, 7) is 16.2. The van der Waals surface area contributed by atoms with E-state index in [0.29, 0.717) is 11.8 Å². The van der Waals surface area contributed by atoms with Crippen molar-refractivity contribution in [3.63, 3.8) is 0 Å². The second-order valence-electron chi connectivity index (χ2n) is 16.6. The van der Waals surface area contributed by atoms with E-state index in [1.54, 1.807) is 12.5 Å². The van der Waals surface area contributed by atoms with E-state index in [1.165, 1.54) is 51.4 Å². The van der Waals surface area contributed by atoms with Gasteiger partial charge in [0.1, 0.15) is 6.10 Å². The summed E-state index contributed by atoms with van der Waals surface area (Å²) in [5, 5.41) is 3.00. The van der Waals surface area contributed by atoms with Crippen LogP contribution in [0.2, 0.25) is 0 Å². The largest absolute Gasteiger partial charge is 0.462 e. The molecule has 9 atom stereocenters. The molecule has 0 aliphatic heterocycles. The number of ether oxygens (including phenoxy) is 1. The average Bonchev–Trinajstić information content (AvgIpc) is 3.36. The maximum absolute atomic E-state index is 13.7. The number of carbonyl (C=O) groups is 2. The molecule has 0 saturated heterocycles. The van der Waals surface area contributed by atoms with Gasteiger partial charge in [0.05, 0.1) is 11.6 Å². The Morgan fingerprint density at radius 3 is 2.43 bits per heavy atom. The summed E-state index contributed by atoms with van der Waals surface area (Å²) in [5.74, 6) is 4.68. The maximum atomic E-state index is 13.7. The molecule has 1 N–H and O–H groups in total. The first-order valence-electron chi connectivity index (χ1n) is 18.5. The highest BCUT2D eigenvalue weighted by molar-refractivity contribution is 14.1. The van der Waals surface area contributed by atoms with Crippen LogP contribution in [0.4, 0.5) is 5.69 Å². The molecule has 1 aromatic rings. The second kappa shape index (κ2) is 15.8. The smallest absolute Gasteiger partial charge is 0.309 e. The Bertz CT molecular complexity index is 1360. The van der Waals surface area contributed by atoms with Crippen molar-refractivity contribution in [3.05, 3.63) is 34.0 Å². The zero-order valence-electron chi connectivity index (χ0n) is 29.8. The van der Waals surface area contributed by atoms with Crippen molar-refractivity contribution in [2.45, 2.75) is 138 Å². The van der Waals surface area contributed by atoms with Crippen LogP contribution in [0.1, 0.15) is 131 Å². The first-order chi connectivity index (χ1) is 22.2. The third-order valence-electron chi connectivity index (χ3n) is 13.4. The normalized spacial score (nSPS) is 32.9. The number of esters is 1. The minimum Gasteiger partial charge on any atom is -0.462 e. The summed E-state index contributed by atoms with van der Waals surface area (Å²) in [6.07, 6.45) is 18.0. The van der Waals surface area contributed by atoms with E-state index in [1.807, 2.05) is 0 Å². The molecule has 5 rings (SSSR count). The molecule has 4 aliphatic carbocycles. The van der Waals surface area contributed by atoms with Gasteiger partial charge in [-0.1, -0.05) is 72.5 Å². The van der Waals surface area contributed by atoms with Crippen molar-refractivity contribution in [1.82, 2.24) is 0 Å². The molecule has 7 heteroatoms. The number of anilines is 1. The molecule has 0 radical (unpaired) electrons. The monoisotopic (exact) mass is 981 g/mol. The van der Waals surface area contributed by atoms with Crippen LogP contribution in [-0.2, 0) is 20.7 Å². The Balaban J connectivity index is 1.23. The molecule has 0 aromatic heterocycles. The number of rotatable bonds is 11. The van der Waals surface area contributed by atoms with E-state index < -0.39 is 0 Å². The van der Waals surface area contributed by atoms with Crippen molar-refractivity contribution in [1.29, 1.82) is 0 Å². The number of amides is 1. The zero-order valence-corrected chi connectivity index (χ0v) is 36.3. The Kier molecular flexibility index (Phi) is 12.9. The molecule has 0 bridgehead atoms. The van der Waals surface area contributed by atoms with Crippen LogP contribution in [-0.4, -0.2) is 18.0 Å². The molecular formula is C40H58I3NO3. The highest BCUT2D eigenvalue weighted by Gasteiger charge is 2.59. The molecule has 0 spiro atoms. The number of hydrogen-bond acceptors (Lipinski definition) is 3. The summed E-state index contributed by atoms with van der Waals surface area (Å²) < 4.78 is 9.53. The van der Waals surface area contributed by atoms with Crippen LogP contribution >= 0.6 is 67.8 Å². The Hall–Kier alpha value is 0.0900. The van der Waals surface area contributed by atoms with Gasteiger partial charge in [-0.3, -0.25) is 9.59 Å². The maximum Gasteiger partial charge on any atom is 0.309 e. The fourth-order valence-corrected chi connectivity index (χ4v) is 14.8. The predicted octanol–water partition coefficient (Wildman–Crippen LogP) is 12.0. The molecule has 4 aliphatic rings. The third-order valence-corrected chi connectivity index (χ3v) is 16.4. The minimum atomic E-state index is -0.195. The lowest BCUT2D eigenvalue weighted by Gasteiger charge is -2.58. The van der Waals surface area contributed by atoms with E-state index in [-0.39, 0.29) is 29.3 Å². The summed E-state index contributed by atoms with van der Waals surface area (Å²) in [7, 11) is 0. The van der Waals surface area contributed by atoms with Gasteiger partial charge in [0, 0.05) is 24.1 Å². The van der Waals surface area contributed by atoms with Gasteiger partial charge in [0.2, 0.25) is 5.91 Å². The van der Waals surface area contributed by atoms with E-state index in [0.717, 1.165) is 83.2 Å². The van der Waals surface area contributed by atoms with Crippen LogP contribution in [0.3, 0.4) is 0 Å². The van der Waals surface area contributed by atoms with Crippen LogP contribution in [0.5, 0.6) is 0 Å². The molecule has 262 valence electrons. The van der Waals surface area contributed by atoms with Crippen LogP contribution in [0.15, 0.2) is 17.7 Å². The second-order valence-corrected chi connectivity index (χ2v) is 20.0. The van der Waals surface area contributed by atoms with Crippen molar-refractivity contribution in [2.24, 2.45) is 52.3 Å². The van der Waals surface area contributed by atoms with Gasteiger partial charge in [0.15, 0.2) is 0 Å². The molecule has 9 unspecified atom stereocenters. The van der Waals surface area contributed by atoms with Gasteiger partial charge >= 0.3 is 5.97 Å². The first-order valence-corrected chi connectivity index (χ1v) is 21.8. The lowest BCUT2D eigenvalue weighted by atomic mass is 9.47. The summed E-state index contributed by atoms with van der Waals surface area (Å²) in [4.78, 5) is 25.6. The van der Waals surface area contributed by atoms with Crippen LogP contribution in [0.25, 0.3) is 0 Å². The molecule has 0 heterocycles. The van der Waals surface area contributed by atoms with Gasteiger partial charge < -0.3 is 10.1 Å². The lowest BCUT2D eigenvalue weighted by Crippen LogP contribution is -2.51. The highest BCUT2D eigenvalue weighted by atomic mass is 127. The molecule has 3 fully saturated rings. The van der Waals surface area contributed by atoms with Crippen molar-refractivity contribution >= 4 is 85.3 Å². The van der Waals surface area contributed by atoms with Crippen molar-refractivity contribution in [2.75, 3.05) is 5.32 Å². The topological polar surface area (TPSA) is 55.4 Å². The van der Waals surface area contributed by atoms with Crippen molar-refractivity contribution in [3.8, 4) is 0 Å². The van der Waals surface area contributed by atoms with Crippen LogP contribution < -0.4 is 5.32 Å². The van der Waals surface area contributed by atoms with E-state index in [4.69, 9.17) is 4.74 Å². The number of fused-ring (bicyclic) bond motifs is 5. The number of benzene rings is 1. The Morgan fingerprint density at radius 2 is 1.74 bits per heavy atom. The summed E-state index contributed by atoms with van der Waals surface area (Å²) in [5.41, 5.74) is 4.32. The number of carbonyl (C=O) groups excluding carboxylic acids is 2. The Morgan fingerprint density at radius 1 is 1.00 bits per heavy atom. The first kappa shape index (κ1) is 38.3. The van der Waals surface area contributed by atoms with Gasteiger partial charge in [0.25, 0.3) is 0 Å². The zero-order chi connectivity index (χ0) is 34.3. The standard InChI is InChI=1S/C40H58I3NO3/c1-8-26(20-30-34(41)22-35(42)37(36(30)43)44-25(5)45)38(46)47-28-16-18-39(6)27(21-28)12-13-29-32-15-14-31(24(4)11-9-10-23(2)3)40(32,7)19-17-33(29)39/h12,22-24,26,28-29,31-33H,8-11,13-21H2,1-7H3,(H,44,45). The number of halogens is 3. The predicted molar refractivity (Wildman–Crippen MR) is 219 cm³/mol. The van der Waals surface area contributed by atoms with Crippen LogP contribution in [0, 0.1) is 63.0 Å². The van der Waals surface area contributed by atoms with Gasteiger partial charge in [-0.15, -0.1) is 0 Å². The molecule has 47 heavy (non-hydrogen) atoms. The molecule has 1 aromatic carbocycles. The quantitative estimate of drug-likeness (QED) is 0.137. The van der Waals surface area contributed by atoms with Gasteiger partial charge in [-0.05, 0) is 184 Å². The molecule has 3 saturated carbocycles. The molecular weight excluding hydrogens is 923 g/mol. The van der Waals surface area contributed by atoms with Crippen molar-refractivity contribution < 1.29 is 14.3 Å². The number of hydrogen-bond donors (Lipinski definition) is 1. The van der Waals surface area contributed by atoms with E-state index in [2.05, 4.69) is 127 Å². The molecule has 1 amide bonds. The molecule has 4 nitrogen and oxygen atoms in total. The third kappa shape index (κ3) is 7.96. The Labute approximate surface area is 326 Å². The van der Waals surface area contributed by atoms with Gasteiger partial charge in [-0.2, -0.15) is 0 Å². The van der Waals surface area contributed by atoms with E-state index in [9.17, 15) is 9.59 Å². The average molecular weight is 982 g/mol. The van der Waals surface area contributed by atoms with Gasteiger partial charge in [-0.25, -0.2) is 0 Å². The summed E-state index contributed by atoms with van der Waals surface area (Å²) in [6, 6.07) is 2.10. The van der Waals surface area contributed by atoms with E-state index >= 15 is 0 Å². The lowest BCUT2D eigenvalue weighted by molar-refractivity contribution is -0.156. The fraction of sp³-hybridized carbons (Fsp3) is 0.750. The SMILES string of the molecule is CCC(Cc1c(I)cc(I)c(NC(C)=O)c1I)C(=O)OC1CCC2(C)C(=CCC3C2CCC2(C)C(C(C)CCCC(C)C)CCC32)C1. The fourth-order valence-electron chi connectivity index (χ4n) is 10.8. The highest BCUT2D eigenvalue weighted by Crippen LogP contribution is 2.67. The summed E-state index contributed by atoms with van der Waals surface area (Å²) >= 11 is 6.97. The number of allylic oxidation sites excluding steroid dienone is 1.